The lowest BCUT2D eigenvalue weighted by Crippen LogP contribution is -2.37. The van der Waals surface area contributed by atoms with Crippen LogP contribution in [0.1, 0.15) is 5.56 Å². The maximum absolute atomic E-state index is 13.0. The minimum absolute atomic E-state index is 0.287. The van der Waals surface area contributed by atoms with Crippen molar-refractivity contribution in [1.29, 1.82) is 0 Å². The normalized spacial score (nSPS) is 14.6. The zero-order valence-electron chi connectivity index (χ0n) is 14.0. The molecule has 0 atom stereocenters. The summed E-state index contributed by atoms with van der Waals surface area (Å²) in [4.78, 5) is 27.4. The molecule has 9 heteroatoms. The predicted octanol–water partition coefficient (Wildman–Crippen LogP) is 4.24. The first kappa shape index (κ1) is 19.0. The number of hydrogen-bond acceptors (Lipinski definition) is 2. The minimum atomic E-state index is -4.58. The van der Waals surface area contributed by atoms with Crippen LogP contribution in [-0.4, -0.2) is 36.5 Å². The lowest BCUT2D eigenvalue weighted by atomic mass is 10.1. The highest BCUT2D eigenvalue weighted by Gasteiger charge is 2.34. The average molecular weight is 398 g/mol. The Morgan fingerprint density at radius 3 is 2.41 bits per heavy atom. The molecule has 3 rings (SSSR count). The smallest absolute Gasteiger partial charge is 0.324 e. The number of nitrogens with one attached hydrogen (secondary N) is 1. The van der Waals surface area contributed by atoms with E-state index in [1.807, 2.05) is 0 Å². The monoisotopic (exact) mass is 397 g/mol. The number of nitrogens with zero attached hydrogens (tertiary/aromatic N) is 2. The van der Waals surface area contributed by atoms with Gasteiger partial charge in [0.15, 0.2) is 0 Å². The van der Waals surface area contributed by atoms with E-state index in [0.29, 0.717) is 17.3 Å². The molecule has 27 heavy (non-hydrogen) atoms. The predicted molar refractivity (Wildman–Crippen MR) is 95.8 cm³/mol. The van der Waals surface area contributed by atoms with Crippen LogP contribution in [0, 0.1) is 0 Å². The summed E-state index contributed by atoms with van der Waals surface area (Å²) in [5.74, 6) is -0.696. The molecule has 0 bridgehead atoms. The van der Waals surface area contributed by atoms with Crippen molar-refractivity contribution in [3.63, 3.8) is 0 Å². The molecule has 1 saturated heterocycles. The van der Waals surface area contributed by atoms with Gasteiger partial charge in [0.25, 0.3) is 0 Å². The van der Waals surface area contributed by atoms with Gasteiger partial charge in [-0.3, -0.25) is 9.69 Å². The van der Waals surface area contributed by atoms with Gasteiger partial charge in [-0.2, -0.15) is 13.2 Å². The van der Waals surface area contributed by atoms with Crippen molar-refractivity contribution in [3.05, 3.63) is 59.1 Å². The molecule has 0 radical (unpaired) electrons. The highest BCUT2D eigenvalue weighted by molar-refractivity contribution is 6.30. The topological polar surface area (TPSA) is 52.7 Å². The molecule has 1 N–H and O–H groups in total. The Bertz CT molecular complexity index is 856. The maximum Gasteiger partial charge on any atom is 0.418 e. The van der Waals surface area contributed by atoms with Gasteiger partial charge < -0.3 is 10.2 Å². The first-order valence-electron chi connectivity index (χ1n) is 8.04. The Morgan fingerprint density at radius 1 is 1.07 bits per heavy atom. The van der Waals surface area contributed by atoms with E-state index in [1.165, 1.54) is 28.0 Å². The fourth-order valence-electron chi connectivity index (χ4n) is 2.79. The average Bonchev–Trinajstić information content (AvgIpc) is 2.96. The van der Waals surface area contributed by atoms with Crippen molar-refractivity contribution in [2.75, 3.05) is 29.9 Å². The molecule has 0 aromatic heterocycles. The van der Waals surface area contributed by atoms with E-state index in [0.717, 1.165) is 6.07 Å². The standard InChI is InChI=1S/C18H15ClF3N3O2/c19-12-5-7-13(8-6-12)25-10-9-24(17(25)27)11-16(26)23-15-4-2-1-3-14(15)18(20,21)22/h1-8H,9-11H2,(H,23,26). The van der Waals surface area contributed by atoms with Gasteiger partial charge in [-0.25, -0.2) is 4.79 Å². The molecule has 142 valence electrons. The number of para-hydroxylation sites is 1. The maximum atomic E-state index is 13.0. The van der Waals surface area contributed by atoms with Crippen molar-refractivity contribution < 1.29 is 22.8 Å². The van der Waals surface area contributed by atoms with E-state index >= 15 is 0 Å². The highest BCUT2D eigenvalue weighted by Crippen LogP contribution is 2.34. The summed E-state index contributed by atoms with van der Waals surface area (Å²) in [5, 5.41) is 2.77. The van der Waals surface area contributed by atoms with Crippen molar-refractivity contribution >= 4 is 34.9 Å². The fourth-order valence-corrected chi connectivity index (χ4v) is 2.92. The van der Waals surface area contributed by atoms with Crippen molar-refractivity contribution in [2.45, 2.75) is 6.18 Å². The Balaban J connectivity index is 1.66. The molecule has 1 heterocycles. The Kier molecular flexibility index (Phi) is 5.27. The van der Waals surface area contributed by atoms with Gasteiger partial charge in [0.1, 0.15) is 6.54 Å². The number of hydrogen-bond donors (Lipinski definition) is 1. The Labute approximate surface area is 158 Å². The number of urea groups is 1. The van der Waals surface area contributed by atoms with Crippen LogP contribution in [0.2, 0.25) is 5.02 Å². The third-order valence-electron chi connectivity index (χ3n) is 4.07. The minimum Gasteiger partial charge on any atom is -0.324 e. The Hall–Kier alpha value is -2.74. The van der Waals surface area contributed by atoms with Crippen LogP contribution < -0.4 is 10.2 Å². The quantitative estimate of drug-likeness (QED) is 0.839. The summed E-state index contributed by atoms with van der Waals surface area (Å²) in [6.45, 7) is 0.317. The van der Waals surface area contributed by atoms with Gasteiger partial charge in [0.05, 0.1) is 11.3 Å². The number of carbonyl (C=O) groups excluding carboxylic acids is 2. The zero-order chi connectivity index (χ0) is 19.6. The van der Waals surface area contributed by atoms with Crippen molar-refractivity contribution in [2.24, 2.45) is 0 Å². The lowest BCUT2D eigenvalue weighted by molar-refractivity contribution is -0.137. The summed E-state index contributed by atoms with van der Waals surface area (Å²) >= 11 is 5.83. The second kappa shape index (κ2) is 7.48. The molecular weight excluding hydrogens is 383 g/mol. The molecule has 1 aliphatic heterocycles. The van der Waals surface area contributed by atoms with Crippen molar-refractivity contribution in [3.8, 4) is 0 Å². The lowest BCUT2D eigenvalue weighted by Gasteiger charge is -2.19. The number of carbonyl (C=O) groups is 2. The number of rotatable bonds is 4. The molecule has 2 aromatic carbocycles. The van der Waals surface area contributed by atoms with Gasteiger partial charge in [-0.05, 0) is 36.4 Å². The van der Waals surface area contributed by atoms with Crippen LogP contribution in [0.4, 0.5) is 29.3 Å². The van der Waals surface area contributed by atoms with Crippen LogP contribution in [0.5, 0.6) is 0 Å². The van der Waals surface area contributed by atoms with Gasteiger partial charge in [-0.15, -0.1) is 0 Å². The van der Waals surface area contributed by atoms with Crippen molar-refractivity contribution in [1.82, 2.24) is 4.90 Å². The molecule has 1 fully saturated rings. The van der Waals surface area contributed by atoms with E-state index in [9.17, 15) is 22.8 Å². The number of alkyl halides is 3. The fraction of sp³-hybridized carbons (Fsp3) is 0.222. The van der Waals surface area contributed by atoms with E-state index < -0.39 is 23.7 Å². The van der Waals surface area contributed by atoms with Gasteiger partial charge in [-0.1, -0.05) is 23.7 Å². The van der Waals surface area contributed by atoms with E-state index in [4.69, 9.17) is 11.6 Å². The van der Waals surface area contributed by atoms with Crippen LogP contribution in [0.15, 0.2) is 48.5 Å². The molecular formula is C18H15ClF3N3O2. The second-order valence-electron chi connectivity index (χ2n) is 5.92. The summed E-state index contributed by atoms with van der Waals surface area (Å²) in [6, 6.07) is 11.0. The third-order valence-corrected chi connectivity index (χ3v) is 4.33. The van der Waals surface area contributed by atoms with Crippen LogP contribution in [-0.2, 0) is 11.0 Å². The zero-order valence-corrected chi connectivity index (χ0v) is 14.7. The van der Waals surface area contributed by atoms with Crippen LogP contribution in [0.25, 0.3) is 0 Å². The van der Waals surface area contributed by atoms with Gasteiger partial charge in [0.2, 0.25) is 5.91 Å². The molecule has 0 aliphatic carbocycles. The van der Waals surface area contributed by atoms with Crippen LogP contribution in [0.3, 0.4) is 0 Å². The van der Waals surface area contributed by atoms with E-state index in [-0.39, 0.29) is 18.8 Å². The molecule has 5 nitrogen and oxygen atoms in total. The van der Waals surface area contributed by atoms with E-state index in [2.05, 4.69) is 5.32 Å². The van der Waals surface area contributed by atoms with Crippen LogP contribution >= 0.6 is 11.6 Å². The molecule has 2 aromatic rings. The summed E-state index contributed by atoms with van der Waals surface area (Å²) in [7, 11) is 0. The molecule has 1 aliphatic rings. The van der Waals surface area contributed by atoms with E-state index in [1.54, 1.807) is 24.3 Å². The second-order valence-corrected chi connectivity index (χ2v) is 6.36. The molecule has 0 saturated carbocycles. The highest BCUT2D eigenvalue weighted by atomic mass is 35.5. The molecule has 0 unspecified atom stereocenters. The third kappa shape index (κ3) is 4.33. The summed E-state index contributed by atoms with van der Waals surface area (Å²) < 4.78 is 39.0. The number of halogens is 4. The van der Waals surface area contributed by atoms with Gasteiger partial charge >= 0.3 is 12.2 Å². The molecule has 0 spiro atoms. The Morgan fingerprint density at radius 2 is 1.74 bits per heavy atom. The summed E-state index contributed by atoms with van der Waals surface area (Å²) in [6.07, 6.45) is -4.58. The summed E-state index contributed by atoms with van der Waals surface area (Å²) in [5.41, 5.74) is -0.639. The number of anilines is 2. The van der Waals surface area contributed by atoms with Gasteiger partial charge in [0, 0.05) is 23.8 Å². The molecule has 3 amide bonds. The number of benzene rings is 2. The first-order valence-corrected chi connectivity index (χ1v) is 8.41. The largest absolute Gasteiger partial charge is 0.418 e. The first-order chi connectivity index (χ1) is 12.8. The number of amides is 3. The SMILES string of the molecule is O=C(CN1CCN(c2ccc(Cl)cc2)C1=O)Nc1ccccc1C(F)(F)F.